The SMILES string of the molecule is O=C(Cc1ccccc1)NN=Cc1cc(N=Nc2cccc(C(F)(F)F)c2)ccc1O. The van der Waals surface area contributed by atoms with Gasteiger partial charge in [-0.1, -0.05) is 36.4 Å². The van der Waals surface area contributed by atoms with Gasteiger partial charge in [-0.05, 0) is 42.0 Å². The van der Waals surface area contributed by atoms with E-state index in [0.717, 1.165) is 17.7 Å². The van der Waals surface area contributed by atoms with Crippen molar-refractivity contribution in [1.82, 2.24) is 5.43 Å². The second kappa shape index (κ2) is 9.66. The summed E-state index contributed by atoms with van der Waals surface area (Å²) in [6.45, 7) is 0. The van der Waals surface area contributed by atoms with Gasteiger partial charge in [0.1, 0.15) is 5.75 Å². The van der Waals surface area contributed by atoms with E-state index < -0.39 is 11.7 Å². The molecule has 2 N–H and O–H groups in total. The average Bonchev–Trinajstić information content (AvgIpc) is 2.74. The van der Waals surface area contributed by atoms with E-state index in [4.69, 9.17) is 0 Å². The van der Waals surface area contributed by atoms with Gasteiger partial charge in [0.05, 0.1) is 29.6 Å². The molecule has 0 aliphatic rings. The summed E-state index contributed by atoms with van der Waals surface area (Å²) in [6, 6.07) is 17.8. The Kier molecular flexibility index (Phi) is 6.76. The molecule has 31 heavy (non-hydrogen) atoms. The summed E-state index contributed by atoms with van der Waals surface area (Å²) in [7, 11) is 0. The number of carbonyl (C=O) groups excluding carboxylic acids is 1. The van der Waals surface area contributed by atoms with E-state index in [1.54, 1.807) is 0 Å². The Labute approximate surface area is 175 Å². The van der Waals surface area contributed by atoms with Crippen LogP contribution in [0.15, 0.2) is 88.1 Å². The molecule has 0 spiro atoms. The molecule has 1 amide bonds. The number of benzene rings is 3. The van der Waals surface area contributed by atoms with Gasteiger partial charge in [-0.2, -0.15) is 28.5 Å². The van der Waals surface area contributed by atoms with Crippen LogP contribution in [0.5, 0.6) is 5.75 Å². The van der Waals surface area contributed by atoms with Crippen LogP contribution in [0, 0.1) is 0 Å². The fraction of sp³-hybridized carbons (Fsp3) is 0.0909. The lowest BCUT2D eigenvalue weighted by atomic mass is 10.1. The number of hydrogen-bond donors (Lipinski definition) is 2. The van der Waals surface area contributed by atoms with Crippen LogP contribution in [-0.4, -0.2) is 17.2 Å². The van der Waals surface area contributed by atoms with Crippen LogP contribution in [0.25, 0.3) is 0 Å². The molecule has 0 heterocycles. The Bertz CT molecular complexity index is 1110. The van der Waals surface area contributed by atoms with Crippen LogP contribution in [0.3, 0.4) is 0 Å². The number of halogens is 3. The maximum Gasteiger partial charge on any atom is 0.416 e. The zero-order valence-corrected chi connectivity index (χ0v) is 16.0. The lowest BCUT2D eigenvalue weighted by Crippen LogP contribution is -2.19. The Morgan fingerprint density at radius 1 is 0.935 bits per heavy atom. The topological polar surface area (TPSA) is 86.4 Å². The van der Waals surface area contributed by atoms with Gasteiger partial charge >= 0.3 is 6.18 Å². The normalized spacial score (nSPS) is 11.8. The molecule has 0 bridgehead atoms. The summed E-state index contributed by atoms with van der Waals surface area (Å²) in [6.07, 6.45) is -3.09. The van der Waals surface area contributed by atoms with Crippen LogP contribution >= 0.6 is 0 Å². The molecule has 0 saturated heterocycles. The van der Waals surface area contributed by atoms with Crippen molar-refractivity contribution < 1.29 is 23.1 Å². The first kappa shape index (κ1) is 21.7. The Hall–Kier alpha value is -4.01. The van der Waals surface area contributed by atoms with Gasteiger partial charge in [0.25, 0.3) is 0 Å². The summed E-state index contributed by atoms with van der Waals surface area (Å²) in [4.78, 5) is 11.9. The highest BCUT2D eigenvalue weighted by Gasteiger charge is 2.30. The molecule has 0 fully saturated rings. The molecule has 0 atom stereocenters. The molecule has 3 aromatic carbocycles. The molecular weight excluding hydrogens is 409 g/mol. The molecule has 0 unspecified atom stereocenters. The van der Waals surface area contributed by atoms with Crippen LogP contribution in [-0.2, 0) is 17.4 Å². The molecule has 0 aromatic heterocycles. The third kappa shape index (κ3) is 6.49. The number of rotatable bonds is 6. The fourth-order valence-corrected chi connectivity index (χ4v) is 2.56. The van der Waals surface area contributed by atoms with Crippen LogP contribution < -0.4 is 5.43 Å². The number of nitrogens with one attached hydrogen (secondary N) is 1. The Balaban J connectivity index is 1.67. The first-order valence-corrected chi connectivity index (χ1v) is 9.09. The molecule has 6 nitrogen and oxygen atoms in total. The van der Waals surface area contributed by atoms with Crippen LogP contribution in [0.4, 0.5) is 24.5 Å². The van der Waals surface area contributed by atoms with Gasteiger partial charge in [0.2, 0.25) is 5.91 Å². The van der Waals surface area contributed by atoms with Crippen molar-refractivity contribution in [3.8, 4) is 5.75 Å². The molecule has 158 valence electrons. The number of alkyl halides is 3. The Morgan fingerprint density at radius 2 is 1.65 bits per heavy atom. The lowest BCUT2D eigenvalue weighted by Gasteiger charge is -2.06. The maximum absolute atomic E-state index is 12.8. The number of aromatic hydroxyl groups is 1. The molecule has 0 aliphatic heterocycles. The Morgan fingerprint density at radius 3 is 2.35 bits per heavy atom. The number of amides is 1. The zero-order chi connectivity index (χ0) is 22.3. The van der Waals surface area contributed by atoms with Crippen LogP contribution in [0.1, 0.15) is 16.7 Å². The van der Waals surface area contributed by atoms with Gasteiger partial charge < -0.3 is 5.11 Å². The van der Waals surface area contributed by atoms with E-state index in [0.29, 0.717) is 0 Å². The number of phenols is 1. The first-order chi connectivity index (χ1) is 14.8. The van der Waals surface area contributed by atoms with Crippen LogP contribution in [0.2, 0.25) is 0 Å². The predicted molar refractivity (Wildman–Crippen MR) is 110 cm³/mol. The minimum absolute atomic E-state index is 0.0336. The third-order valence-electron chi connectivity index (χ3n) is 4.07. The number of carbonyl (C=O) groups is 1. The molecule has 0 saturated carbocycles. The van der Waals surface area contributed by atoms with E-state index in [1.165, 1.54) is 36.5 Å². The number of hydrazone groups is 1. The molecule has 3 rings (SSSR count). The number of phenolic OH excluding ortho intramolecular Hbond substituents is 1. The predicted octanol–water partition coefficient (Wildman–Crippen LogP) is 5.52. The average molecular weight is 426 g/mol. The third-order valence-corrected chi connectivity index (χ3v) is 4.07. The standard InChI is InChI=1S/C22H17F3N4O2/c23-22(24,25)17-7-4-8-18(13-17)27-28-19-9-10-20(30)16(12-19)14-26-29-21(31)11-15-5-2-1-3-6-15/h1-10,12-14,30H,11H2,(H,29,31). The van der Waals surface area contributed by atoms with Crippen molar-refractivity contribution in [3.05, 3.63) is 89.5 Å². The summed E-state index contributed by atoms with van der Waals surface area (Å²) >= 11 is 0. The van der Waals surface area contributed by atoms with Crippen molar-refractivity contribution >= 4 is 23.5 Å². The summed E-state index contributed by atoms with van der Waals surface area (Å²) in [5.74, 6) is -0.443. The van der Waals surface area contributed by atoms with Crippen molar-refractivity contribution in [3.63, 3.8) is 0 Å². The highest BCUT2D eigenvalue weighted by atomic mass is 19.4. The number of azo groups is 1. The van der Waals surface area contributed by atoms with E-state index in [9.17, 15) is 23.1 Å². The quantitative estimate of drug-likeness (QED) is 0.309. The summed E-state index contributed by atoms with van der Waals surface area (Å²) in [5, 5.41) is 21.5. The fourth-order valence-electron chi connectivity index (χ4n) is 2.56. The molecule has 0 aliphatic carbocycles. The van der Waals surface area contributed by atoms with Gasteiger partial charge in [-0.25, -0.2) is 5.43 Å². The number of nitrogens with zero attached hydrogens (tertiary/aromatic N) is 3. The van der Waals surface area contributed by atoms with E-state index in [-0.39, 0.29) is 35.0 Å². The van der Waals surface area contributed by atoms with Gasteiger partial charge in [0, 0.05) is 5.56 Å². The minimum atomic E-state index is -4.47. The largest absolute Gasteiger partial charge is 0.507 e. The first-order valence-electron chi connectivity index (χ1n) is 9.09. The van der Waals surface area contributed by atoms with E-state index in [2.05, 4.69) is 20.8 Å². The second-order valence-electron chi connectivity index (χ2n) is 6.45. The lowest BCUT2D eigenvalue weighted by molar-refractivity contribution is -0.137. The van der Waals surface area contributed by atoms with Gasteiger partial charge in [-0.3, -0.25) is 4.79 Å². The van der Waals surface area contributed by atoms with Gasteiger partial charge in [0.15, 0.2) is 0 Å². The van der Waals surface area contributed by atoms with Gasteiger partial charge in [-0.15, -0.1) is 0 Å². The van der Waals surface area contributed by atoms with E-state index in [1.807, 2.05) is 30.3 Å². The molecule has 0 radical (unpaired) electrons. The highest BCUT2D eigenvalue weighted by Crippen LogP contribution is 2.32. The number of hydrogen-bond acceptors (Lipinski definition) is 5. The van der Waals surface area contributed by atoms with Crippen molar-refractivity contribution in [2.45, 2.75) is 12.6 Å². The minimum Gasteiger partial charge on any atom is -0.507 e. The molecule has 9 heteroatoms. The monoisotopic (exact) mass is 426 g/mol. The van der Waals surface area contributed by atoms with Crippen molar-refractivity contribution in [2.24, 2.45) is 15.3 Å². The second-order valence-corrected chi connectivity index (χ2v) is 6.45. The molecular formula is C22H17F3N4O2. The highest BCUT2D eigenvalue weighted by molar-refractivity contribution is 5.86. The van der Waals surface area contributed by atoms with Crippen molar-refractivity contribution in [1.29, 1.82) is 0 Å². The summed E-state index contributed by atoms with van der Waals surface area (Å²) in [5.41, 5.74) is 2.94. The van der Waals surface area contributed by atoms with E-state index >= 15 is 0 Å². The molecule has 3 aromatic rings. The van der Waals surface area contributed by atoms with Crippen molar-refractivity contribution in [2.75, 3.05) is 0 Å². The smallest absolute Gasteiger partial charge is 0.416 e. The summed E-state index contributed by atoms with van der Waals surface area (Å²) < 4.78 is 38.3. The zero-order valence-electron chi connectivity index (χ0n) is 16.0. The maximum atomic E-state index is 12.8.